The van der Waals surface area contributed by atoms with Crippen molar-refractivity contribution in [3.05, 3.63) is 29.6 Å². The van der Waals surface area contributed by atoms with Crippen LogP contribution in [0.2, 0.25) is 0 Å². The normalized spacial score (nSPS) is 14.8. The summed E-state index contributed by atoms with van der Waals surface area (Å²) in [6.45, 7) is 1.54. The van der Waals surface area contributed by atoms with E-state index in [4.69, 9.17) is 10.8 Å². The molecule has 0 aliphatic heterocycles. The lowest BCUT2D eigenvalue weighted by Crippen LogP contribution is -2.23. The van der Waals surface area contributed by atoms with Crippen molar-refractivity contribution in [2.24, 2.45) is 5.73 Å². The Hall–Kier alpha value is -1.46. The number of carboxylic acids is 1. The molecule has 0 saturated heterocycles. The number of hydrogen-bond acceptors (Lipinski definition) is 4. The fourth-order valence-electron chi connectivity index (χ4n) is 1.04. The molecule has 1 heterocycles. The Kier molecular flexibility index (Phi) is 3.16. The molecule has 0 aliphatic carbocycles. The van der Waals surface area contributed by atoms with Gasteiger partial charge in [0.25, 0.3) is 0 Å². The Morgan fingerprint density at radius 2 is 2.21 bits per heavy atom. The van der Waals surface area contributed by atoms with Gasteiger partial charge in [0.05, 0.1) is 17.7 Å². The van der Waals surface area contributed by atoms with Crippen LogP contribution in [0.3, 0.4) is 0 Å². The van der Waals surface area contributed by atoms with Crippen molar-refractivity contribution in [3.63, 3.8) is 0 Å². The zero-order valence-corrected chi connectivity index (χ0v) is 7.71. The number of aromatic carboxylic acids is 1. The molecule has 0 amide bonds. The minimum absolute atomic E-state index is 0.0681. The van der Waals surface area contributed by atoms with Crippen LogP contribution in [0.15, 0.2) is 18.5 Å². The second-order valence-electron chi connectivity index (χ2n) is 3.08. The molecule has 2 atom stereocenters. The molecular weight excluding hydrogens is 184 g/mol. The van der Waals surface area contributed by atoms with Crippen molar-refractivity contribution in [3.8, 4) is 0 Å². The van der Waals surface area contributed by atoms with Gasteiger partial charge in [-0.3, -0.25) is 4.98 Å². The van der Waals surface area contributed by atoms with Gasteiger partial charge in [-0.2, -0.15) is 0 Å². The Morgan fingerprint density at radius 3 is 2.71 bits per heavy atom. The lowest BCUT2D eigenvalue weighted by molar-refractivity contribution is 0.0696. The van der Waals surface area contributed by atoms with Gasteiger partial charge in [0.15, 0.2) is 0 Å². The SMILES string of the molecule is CC(O)C(N)c1cncc(C(=O)O)c1. The molecule has 0 aromatic carbocycles. The molecule has 1 aromatic rings. The lowest BCUT2D eigenvalue weighted by atomic mass is 10.0. The average Bonchev–Trinajstić information content (AvgIpc) is 2.16. The van der Waals surface area contributed by atoms with Crippen molar-refractivity contribution in [2.75, 3.05) is 0 Å². The van der Waals surface area contributed by atoms with Crippen LogP contribution in [0.4, 0.5) is 0 Å². The molecule has 2 unspecified atom stereocenters. The van der Waals surface area contributed by atoms with Crippen LogP contribution in [0, 0.1) is 0 Å². The molecule has 0 bridgehead atoms. The van der Waals surface area contributed by atoms with Gasteiger partial charge in [0.2, 0.25) is 0 Å². The molecule has 76 valence electrons. The third kappa shape index (κ3) is 2.27. The molecule has 0 radical (unpaired) electrons. The number of carbonyl (C=O) groups is 1. The summed E-state index contributed by atoms with van der Waals surface area (Å²) in [5.74, 6) is -1.06. The highest BCUT2D eigenvalue weighted by Gasteiger charge is 2.14. The highest BCUT2D eigenvalue weighted by atomic mass is 16.4. The third-order valence-corrected chi connectivity index (χ3v) is 1.91. The first-order valence-corrected chi connectivity index (χ1v) is 4.14. The molecule has 0 aliphatic rings. The molecule has 5 nitrogen and oxygen atoms in total. The van der Waals surface area contributed by atoms with Gasteiger partial charge in [0.1, 0.15) is 0 Å². The van der Waals surface area contributed by atoms with Gasteiger partial charge in [-0.1, -0.05) is 0 Å². The topological polar surface area (TPSA) is 96.4 Å². The summed E-state index contributed by atoms with van der Waals surface area (Å²) in [6, 6.07) is 0.800. The van der Waals surface area contributed by atoms with Crippen LogP contribution >= 0.6 is 0 Å². The monoisotopic (exact) mass is 196 g/mol. The molecule has 0 spiro atoms. The second-order valence-corrected chi connectivity index (χ2v) is 3.08. The number of carboxylic acid groups (broad SMARTS) is 1. The number of hydrogen-bond donors (Lipinski definition) is 3. The molecule has 1 rings (SSSR count). The predicted octanol–water partition coefficient (Wildman–Crippen LogP) is 0.160. The van der Waals surface area contributed by atoms with E-state index in [1.54, 1.807) is 0 Å². The van der Waals surface area contributed by atoms with Gasteiger partial charge in [-0.15, -0.1) is 0 Å². The summed E-state index contributed by atoms with van der Waals surface area (Å²) >= 11 is 0. The zero-order chi connectivity index (χ0) is 10.7. The quantitative estimate of drug-likeness (QED) is 0.639. The number of nitrogens with zero attached hydrogens (tertiary/aromatic N) is 1. The van der Waals surface area contributed by atoms with Crippen LogP contribution in [0.25, 0.3) is 0 Å². The summed E-state index contributed by atoms with van der Waals surface area (Å²) in [6.07, 6.45) is 1.95. The van der Waals surface area contributed by atoms with E-state index in [1.807, 2.05) is 0 Å². The van der Waals surface area contributed by atoms with E-state index >= 15 is 0 Å². The summed E-state index contributed by atoms with van der Waals surface area (Å²) in [5, 5.41) is 17.9. The van der Waals surface area contributed by atoms with E-state index in [9.17, 15) is 9.90 Å². The maximum absolute atomic E-state index is 10.6. The Morgan fingerprint density at radius 1 is 1.57 bits per heavy atom. The number of aromatic nitrogens is 1. The second kappa shape index (κ2) is 4.17. The third-order valence-electron chi connectivity index (χ3n) is 1.91. The van der Waals surface area contributed by atoms with E-state index in [0.717, 1.165) is 0 Å². The summed E-state index contributed by atoms with van der Waals surface area (Å²) < 4.78 is 0. The summed E-state index contributed by atoms with van der Waals surface area (Å²) in [7, 11) is 0. The van der Waals surface area contributed by atoms with Crippen LogP contribution in [0.1, 0.15) is 28.9 Å². The summed E-state index contributed by atoms with van der Waals surface area (Å²) in [4.78, 5) is 14.3. The molecule has 1 aromatic heterocycles. The molecular formula is C9H12N2O3. The summed E-state index contributed by atoms with van der Waals surface area (Å²) in [5.41, 5.74) is 6.21. The standard InChI is InChI=1S/C9H12N2O3/c1-5(12)8(10)6-2-7(9(13)14)4-11-3-6/h2-5,8,12H,10H2,1H3,(H,13,14). The minimum Gasteiger partial charge on any atom is -0.478 e. The Balaban J connectivity index is 2.99. The fraction of sp³-hybridized carbons (Fsp3) is 0.333. The maximum atomic E-state index is 10.6. The fourth-order valence-corrected chi connectivity index (χ4v) is 1.04. The van der Waals surface area contributed by atoms with Crippen molar-refractivity contribution >= 4 is 5.97 Å². The number of aliphatic hydroxyl groups is 1. The van der Waals surface area contributed by atoms with Gasteiger partial charge in [-0.05, 0) is 18.6 Å². The number of pyridine rings is 1. The maximum Gasteiger partial charge on any atom is 0.337 e. The smallest absolute Gasteiger partial charge is 0.337 e. The highest BCUT2D eigenvalue weighted by molar-refractivity contribution is 5.87. The predicted molar refractivity (Wildman–Crippen MR) is 49.8 cm³/mol. The van der Waals surface area contributed by atoms with Gasteiger partial charge < -0.3 is 15.9 Å². The van der Waals surface area contributed by atoms with Crippen molar-refractivity contribution < 1.29 is 15.0 Å². The minimum atomic E-state index is -1.06. The van der Waals surface area contributed by atoms with Crippen LogP contribution < -0.4 is 5.73 Å². The van der Waals surface area contributed by atoms with Crippen molar-refractivity contribution in [1.82, 2.24) is 4.98 Å². The van der Waals surface area contributed by atoms with Crippen molar-refractivity contribution in [2.45, 2.75) is 19.1 Å². The van der Waals surface area contributed by atoms with Crippen LogP contribution in [0.5, 0.6) is 0 Å². The number of rotatable bonds is 3. The zero-order valence-electron chi connectivity index (χ0n) is 7.71. The number of nitrogens with two attached hydrogens (primary N) is 1. The van der Waals surface area contributed by atoms with E-state index in [2.05, 4.69) is 4.98 Å². The van der Waals surface area contributed by atoms with Gasteiger partial charge in [0, 0.05) is 12.4 Å². The van der Waals surface area contributed by atoms with Crippen LogP contribution in [-0.4, -0.2) is 27.3 Å². The van der Waals surface area contributed by atoms with Gasteiger partial charge >= 0.3 is 5.97 Å². The molecule has 0 saturated carbocycles. The van der Waals surface area contributed by atoms with E-state index < -0.39 is 18.1 Å². The van der Waals surface area contributed by atoms with E-state index in [-0.39, 0.29) is 5.56 Å². The van der Waals surface area contributed by atoms with E-state index in [1.165, 1.54) is 25.4 Å². The highest BCUT2D eigenvalue weighted by Crippen LogP contribution is 2.14. The average molecular weight is 196 g/mol. The Bertz CT molecular complexity index is 339. The largest absolute Gasteiger partial charge is 0.478 e. The van der Waals surface area contributed by atoms with E-state index in [0.29, 0.717) is 5.56 Å². The first-order chi connectivity index (χ1) is 6.52. The molecule has 14 heavy (non-hydrogen) atoms. The Labute approximate surface area is 81.2 Å². The first kappa shape index (κ1) is 10.6. The van der Waals surface area contributed by atoms with Crippen LogP contribution in [-0.2, 0) is 0 Å². The molecule has 4 N–H and O–H groups in total. The first-order valence-electron chi connectivity index (χ1n) is 4.14. The molecule has 5 heteroatoms. The lowest BCUT2D eigenvalue weighted by Gasteiger charge is -2.14. The molecule has 0 fully saturated rings. The number of aliphatic hydroxyl groups excluding tert-OH is 1. The van der Waals surface area contributed by atoms with Crippen molar-refractivity contribution in [1.29, 1.82) is 0 Å². The van der Waals surface area contributed by atoms with Gasteiger partial charge in [-0.25, -0.2) is 4.79 Å².